The molecule has 0 unspecified atom stereocenters. The van der Waals surface area contributed by atoms with Crippen molar-refractivity contribution in [2.45, 2.75) is 90.1 Å². The van der Waals surface area contributed by atoms with Crippen LogP contribution in [0.15, 0.2) is 18.2 Å². The third-order valence-corrected chi connectivity index (χ3v) is 5.34. The van der Waals surface area contributed by atoms with Crippen LogP contribution in [0.2, 0.25) is 5.02 Å². The third-order valence-electron chi connectivity index (χ3n) is 4.80. The Morgan fingerprint density at radius 2 is 1.50 bits per heavy atom. The van der Waals surface area contributed by atoms with Crippen LogP contribution in [-0.4, -0.2) is 11.0 Å². The number of hydrogen-bond donors (Lipinski definition) is 2. The molecule has 0 fully saturated rings. The molecular formula is C22H32ClF3N2OS. The lowest BCUT2D eigenvalue weighted by molar-refractivity contribution is -0.137. The molecule has 3 nitrogen and oxygen atoms in total. The summed E-state index contributed by atoms with van der Waals surface area (Å²) in [5, 5.41) is 5.08. The van der Waals surface area contributed by atoms with E-state index in [9.17, 15) is 18.0 Å². The minimum absolute atomic E-state index is 0.00601. The average molecular weight is 465 g/mol. The smallest absolute Gasteiger partial charge is 0.331 e. The third kappa shape index (κ3) is 11.7. The molecule has 0 radical (unpaired) electrons. The SMILES string of the molecule is CCCCCCCCCCCCCC(=O)NC(=S)Nc1cc(C(F)(F)F)ccc1Cl. The molecule has 0 heterocycles. The minimum Gasteiger partial charge on any atom is -0.331 e. The molecule has 0 atom stereocenters. The van der Waals surface area contributed by atoms with Gasteiger partial charge in [0.05, 0.1) is 16.3 Å². The van der Waals surface area contributed by atoms with Gasteiger partial charge in [-0.2, -0.15) is 13.2 Å². The van der Waals surface area contributed by atoms with Crippen LogP contribution in [0.5, 0.6) is 0 Å². The summed E-state index contributed by atoms with van der Waals surface area (Å²) in [6.07, 6.45) is 8.95. The largest absolute Gasteiger partial charge is 0.416 e. The van der Waals surface area contributed by atoms with Gasteiger partial charge in [0, 0.05) is 6.42 Å². The lowest BCUT2D eigenvalue weighted by atomic mass is 10.1. The predicted molar refractivity (Wildman–Crippen MR) is 122 cm³/mol. The molecule has 170 valence electrons. The van der Waals surface area contributed by atoms with E-state index in [2.05, 4.69) is 17.6 Å². The number of hydrogen-bond acceptors (Lipinski definition) is 2. The Morgan fingerprint density at radius 3 is 2.03 bits per heavy atom. The molecule has 2 N–H and O–H groups in total. The summed E-state index contributed by atoms with van der Waals surface area (Å²) in [7, 11) is 0. The summed E-state index contributed by atoms with van der Waals surface area (Å²) in [5.74, 6) is -0.258. The Morgan fingerprint density at radius 1 is 0.967 bits per heavy atom. The maximum Gasteiger partial charge on any atom is 0.416 e. The second kappa shape index (κ2) is 14.6. The number of benzene rings is 1. The second-order valence-corrected chi connectivity index (χ2v) is 8.30. The first-order chi connectivity index (χ1) is 14.2. The zero-order valence-electron chi connectivity index (χ0n) is 17.5. The van der Waals surface area contributed by atoms with Gasteiger partial charge < -0.3 is 10.6 Å². The van der Waals surface area contributed by atoms with Crippen LogP contribution in [-0.2, 0) is 11.0 Å². The highest BCUT2D eigenvalue weighted by Crippen LogP contribution is 2.33. The maximum atomic E-state index is 12.8. The van der Waals surface area contributed by atoms with Gasteiger partial charge in [-0.15, -0.1) is 0 Å². The van der Waals surface area contributed by atoms with Gasteiger partial charge in [0.1, 0.15) is 0 Å². The molecule has 0 aliphatic carbocycles. The van der Waals surface area contributed by atoms with Crippen LogP contribution in [0.3, 0.4) is 0 Å². The zero-order chi connectivity index (χ0) is 22.4. The molecule has 1 rings (SSSR count). The van der Waals surface area contributed by atoms with Crippen molar-refractivity contribution in [1.29, 1.82) is 0 Å². The minimum atomic E-state index is -4.49. The van der Waals surface area contributed by atoms with Crippen LogP contribution in [0.25, 0.3) is 0 Å². The Hall–Kier alpha value is -1.34. The Kier molecular flexibility index (Phi) is 13.0. The van der Waals surface area contributed by atoms with Gasteiger partial charge in [-0.25, -0.2) is 0 Å². The Balaban J connectivity index is 2.18. The van der Waals surface area contributed by atoms with Crippen molar-refractivity contribution in [3.63, 3.8) is 0 Å². The zero-order valence-corrected chi connectivity index (χ0v) is 19.1. The number of thiocarbonyl (C=S) groups is 1. The lowest BCUT2D eigenvalue weighted by Crippen LogP contribution is -2.34. The summed E-state index contributed by atoms with van der Waals surface area (Å²) in [4.78, 5) is 12.0. The van der Waals surface area contributed by atoms with Crippen molar-refractivity contribution in [3.05, 3.63) is 28.8 Å². The van der Waals surface area contributed by atoms with Crippen LogP contribution in [0, 0.1) is 0 Å². The molecule has 0 spiro atoms. The van der Waals surface area contributed by atoms with Gasteiger partial charge in [-0.05, 0) is 36.8 Å². The molecule has 8 heteroatoms. The number of rotatable bonds is 13. The number of nitrogens with one attached hydrogen (secondary N) is 2. The highest BCUT2D eigenvalue weighted by Gasteiger charge is 2.31. The van der Waals surface area contributed by atoms with Gasteiger partial charge in [-0.1, -0.05) is 82.7 Å². The fourth-order valence-corrected chi connectivity index (χ4v) is 3.48. The second-order valence-electron chi connectivity index (χ2n) is 7.48. The fourth-order valence-electron chi connectivity index (χ4n) is 3.09. The summed E-state index contributed by atoms with van der Waals surface area (Å²) >= 11 is 10.9. The van der Waals surface area contributed by atoms with Crippen LogP contribution >= 0.6 is 23.8 Å². The lowest BCUT2D eigenvalue weighted by Gasteiger charge is -2.13. The topological polar surface area (TPSA) is 41.1 Å². The fraction of sp³-hybridized carbons (Fsp3) is 0.636. The molecule has 0 saturated carbocycles. The summed E-state index contributed by atoms with van der Waals surface area (Å²) < 4.78 is 38.4. The molecule has 1 amide bonds. The highest BCUT2D eigenvalue weighted by molar-refractivity contribution is 7.80. The van der Waals surface area contributed by atoms with E-state index in [0.717, 1.165) is 37.5 Å². The van der Waals surface area contributed by atoms with Gasteiger partial charge >= 0.3 is 6.18 Å². The van der Waals surface area contributed by atoms with E-state index >= 15 is 0 Å². The van der Waals surface area contributed by atoms with Crippen LogP contribution in [0.1, 0.15) is 89.5 Å². The van der Waals surface area contributed by atoms with Gasteiger partial charge in [0.2, 0.25) is 5.91 Å². The van der Waals surface area contributed by atoms with Crippen molar-refractivity contribution >= 4 is 40.5 Å². The first-order valence-electron chi connectivity index (χ1n) is 10.7. The highest BCUT2D eigenvalue weighted by atomic mass is 35.5. The molecule has 0 aliphatic rings. The molecule has 1 aromatic rings. The van der Waals surface area contributed by atoms with E-state index in [-0.39, 0.29) is 21.7 Å². The number of alkyl halides is 3. The summed E-state index contributed by atoms with van der Waals surface area (Å²) in [6.45, 7) is 2.22. The monoisotopic (exact) mass is 464 g/mol. The number of unbranched alkanes of at least 4 members (excludes halogenated alkanes) is 10. The number of amides is 1. The molecule has 0 aliphatic heterocycles. The van der Waals surface area contributed by atoms with Gasteiger partial charge in [0.15, 0.2) is 5.11 Å². The van der Waals surface area contributed by atoms with E-state index in [4.69, 9.17) is 23.8 Å². The van der Waals surface area contributed by atoms with E-state index < -0.39 is 11.7 Å². The van der Waals surface area contributed by atoms with E-state index in [1.54, 1.807) is 0 Å². The Bertz CT molecular complexity index is 668. The molecular weight excluding hydrogens is 433 g/mol. The molecule has 1 aromatic carbocycles. The van der Waals surface area contributed by atoms with E-state index in [0.29, 0.717) is 6.42 Å². The number of halogens is 4. The van der Waals surface area contributed by atoms with Crippen molar-refractivity contribution < 1.29 is 18.0 Å². The number of carbonyl (C=O) groups excluding carboxylic acids is 1. The molecule has 30 heavy (non-hydrogen) atoms. The first-order valence-corrected chi connectivity index (χ1v) is 11.5. The van der Waals surface area contributed by atoms with Crippen molar-refractivity contribution in [2.75, 3.05) is 5.32 Å². The maximum absolute atomic E-state index is 12.8. The predicted octanol–water partition coefficient (Wildman–Crippen LogP) is 7.87. The van der Waals surface area contributed by atoms with Crippen LogP contribution in [0.4, 0.5) is 18.9 Å². The van der Waals surface area contributed by atoms with E-state index in [1.165, 1.54) is 51.4 Å². The first kappa shape index (κ1) is 26.7. The van der Waals surface area contributed by atoms with Crippen molar-refractivity contribution in [3.8, 4) is 0 Å². The van der Waals surface area contributed by atoms with Crippen molar-refractivity contribution in [2.24, 2.45) is 0 Å². The summed E-state index contributed by atoms with van der Waals surface area (Å²) in [5.41, 5.74) is -0.837. The average Bonchev–Trinajstić information content (AvgIpc) is 2.66. The normalized spacial score (nSPS) is 11.4. The molecule has 0 bridgehead atoms. The number of carbonyl (C=O) groups is 1. The standard InChI is InChI=1S/C22H32ClF3N2OS/c1-2-3-4-5-6-7-8-9-10-11-12-13-20(29)28-21(30)27-19-16-17(22(24,25)26)14-15-18(19)23/h14-16H,2-13H2,1H3,(H2,27,28,29,30). The van der Waals surface area contributed by atoms with Crippen molar-refractivity contribution in [1.82, 2.24) is 5.32 Å². The van der Waals surface area contributed by atoms with Gasteiger partial charge in [-0.3, -0.25) is 4.79 Å². The van der Waals surface area contributed by atoms with Gasteiger partial charge in [0.25, 0.3) is 0 Å². The Labute approximate surface area is 188 Å². The molecule has 0 aromatic heterocycles. The van der Waals surface area contributed by atoms with E-state index in [1.807, 2.05) is 0 Å². The van der Waals surface area contributed by atoms with Crippen LogP contribution < -0.4 is 10.6 Å². The molecule has 0 saturated heterocycles. The quantitative estimate of drug-likeness (QED) is 0.230. The summed E-state index contributed by atoms with van der Waals surface area (Å²) in [6, 6.07) is 2.90. The number of anilines is 1.